The van der Waals surface area contributed by atoms with E-state index in [1.165, 1.54) is 35.4 Å². The number of hydrogen-bond donors (Lipinski definition) is 3. The maximum atomic E-state index is 15.1. The molecule has 0 spiro atoms. The Morgan fingerprint density at radius 2 is 1.14 bits per heavy atom. The molecule has 25 nitrogen and oxygen atoms in total. The normalized spacial score (nSPS) is 20.1. The summed E-state index contributed by atoms with van der Waals surface area (Å²) in [5, 5.41) is 32.9. The molecule has 7 unspecified atom stereocenters. The van der Waals surface area contributed by atoms with Crippen LogP contribution in [0.5, 0.6) is 0 Å². The van der Waals surface area contributed by atoms with Crippen LogP contribution in [0.25, 0.3) is 0 Å². The molecule has 1 amide bonds. The van der Waals surface area contributed by atoms with Crippen LogP contribution in [-0.4, -0.2) is 197 Å². The van der Waals surface area contributed by atoms with Crippen molar-refractivity contribution in [2.24, 2.45) is 32.5 Å². The Morgan fingerprint density at radius 3 is 1.65 bits per heavy atom. The number of aromatic nitrogens is 1. The molecule has 2 heterocycles. The second kappa shape index (κ2) is 46.2. The van der Waals surface area contributed by atoms with Crippen molar-refractivity contribution in [1.29, 1.82) is 0 Å². The first-order valence-electron chi connectivity index (χ1n) is 32.1. The van der Waals surface area contributed by atoms with Crippen LogP contribution in [0.1, 0.15) is 188 Å². The van der Waals surface area contributed by atoms with Crippen molar-refractivity contribution in [1.82, 2.24) is 15.2 Å². The van der Waals surface area contributed by atoms with E-state index in [9.17, 15) is 48.6 Å². The fourth-order valence-electron chi connectivity index (χ4n) is 11.2. The van der Waals surface area contributed by atoms with E-state index in [-0.39, 0.29) is 148 Å². The fraction of sp³-hybridized carbons (Fsp3) is 0.791. The molecule has 0 bridgehead atoms. The standard InChI is InChI=1S/C65H107N3O21S2.CH3O.CH4.Na/c1-17-21-32-82-59(79)65(14,42-62(11,25-18-2)55(74)75)43-64(13,57(77)83-33-31-68(15)16)29-28-63(12,58(78)85-38-39-90-91-49-24-22-23-30-66-49)41-61(10,54(73)67-40-44(5)69)27-26-60(9,20-4)56(76)84-37-35-80-34-36-81-53-52(88-47(8)72)51(87-46(7)71)50(86-45(6)70)48(19-3)89-53;1-2;;/h22-24,30,44,48,50-53,69H,17-21,25-29,31-43H2,1-16H3,(H,67,73)(H,74,75);1H3;1H4;/q;-1;;+1/t44?,48-,50+,51+,52-,53-,60?,61?,62?,63?,64?,65?;;;/m1.../s1. The predicted octanol–water partition coefficient (Wildman–Crippen LogP) is 5.50. The number of ether oxygens (including phenoxy) is 10. The third kappa shape index (κ3) is 32.1. The largest absolute Gasteiger partial charge is 1.00 e. The van der Waals surface area contributed by atoms with E-state index in [2.05, 4.69) is 10.3 Å². The molecule has 1 aromatic rings. The molecular formula is C67H114N3NaO22S2. The maximum Gasteiger partial charge on any atom is 1.00 e. The number of carbonyl (C=O) groups excluding carboxylic acids is 8. The molecule has 0 radical (unpaired) electrons. The molecule has 0 aromatic carbocycles. The van der Waals surface area contributed by atoms with E-state index >= 15 is 4.79 Å². The Hall–Kier alpha value is -4.16. The molecule has 1 saturated heterocycles. The minimum atomic E-state index is -1.57. The van der Waals surface area contributed by atoms with Crippen molar-refractivity contribution < 1.29 is 135 Å². The van der Waals surface area contributed by atoms with Crippen molar-refractivity contribution in [3.05, 3.63) is 24.4 Å². The van der Waals surface area contributed by atoms with Gasteiger partial charge in [0.2, 0.25) is 5.91 Å². The van der Waals surface area contributed by atoms with Gasteiger partial charge in [-0.3, -0.25) is 43.2 Å². The third-order valence-corrected chi connectivity index (χ3v) is 18.8. The molecule has 3 N–H and O–H groups in total. The van der Waals surface area contributed by atoms with Gasteiger partial charge in [-0.05, 0) is 149 Å². The van der Waals surface area contributed by atoms with E-state index in [4.69, 9.17) is 52.5 Å². The number of carboxylic acids is 1. The number of hydrogen-bond acceptors (Lipinski definition) is 25. The fourth-order valence-corrected chi connectivity index (χ4v) is 12.9. The zero-order valence-corrected chi connectivity index (χ0v) is 62.9. The number of carbonyl (C=O) groups is 9. The molecule has 28 heteroatoms. The second-order valence-electron chi connectivity index (χ2n) is 25.8. The van der Waals surface area contributed by atoms with Gasteiger partial charge in [-0.2, -0.15) is 7.11 Å². The van der Waals surface area contributed by atoms with E-state index in [1.54, 1.807) is 67.7 Å². The zero-order valence-electron chi connectivity index (χ0n) is 59.3. The number of amides is 1. The molecule has 542 valence electrons. The first-order valence-corrected chi connectivity index (χ1v) is 34.5. The van der Waals surface area contributed by atoms with Crippen LogP contribution in [0.4, 0.5) is 0 Å². The van der Waals surface area contributed by atoms with E-state index in [0.29, 0.717) is 31.6 Å². The van der Waals surface area contributed by atoms with Gasteiger partial charge in [0.1, 0.15) is 31.0 Å². The van der Waals surface area contributed by atoms with Gasteiger partial charge in [0, 0.05) is 51.2 Å². The molecule has 12 atom stereocenters. The van der Waals surface area contributed by atoms with Crippen LogP contribution in [0.3, 0.4) is 0 Å². The number of aliphatic hydroxyl groups excluding tert-OH is 1. The van der Waals surface area contributed by atoms with Crippen LogP contribution in [-0.2, 0) is 90.5 Å². The minimum absolute atomic E-state index is 0. The third-order valence-electron chi connectivity index (χ3n) is 16.5. The van der Waals surface area contributed by atoms with Gasteiger partial charge in [0.05, 0.1) is 59.6 Å². The van der Waals surface area contributed by atoms with E-state index in [1.807, 2.05) is 45.0 Å². The molecule has 2 rings (SSSR count). The average molecular weight is 1400 g/mol. The van der Waals surface area contributed by atoms with Crippen molar-refractivity contribution in [2.75, 3.05) is 86.3 Å². The number of rotatable bonds is 45. The second-order valence-corrected chi connectivity index (χ2v) is 28.2. The van der Waals surface area contributed by atoms with Gasteiger partial charge in [-0.25, -0.2) is 4.98 Å². The summed E-state index contributed by atoms with van der Waals surface area (Å²) >= 11 is 0. The summed E-state index contributed by atoms with van der Waals surface area (Å²) < 4.78 is 57.9. The Kier molecular flexibility index (Phi) is 45.2. The van der Waals surface area contributed by atoms with Crippen molar-refractivity contribution in [2.45, 2.75) is 230 Å². The average Bonchev–Trinajstić information content (AvgIpc) is 0.792. The van der Waals surface area contributed by atoms with Crippen LogP contribution >= 0.6 is 21.6 Å². The number of aliphatic hydroxyl groups is 1. The summed E-state index contributed by atoms with van der Waals surface area (Å²) in [5.74, 6) is -6.00. The number of unbranched alkanes of at least 4 members (excludes halogenated alkanes) is 1. The smallest absolute Gasteiger partial charge is 0.857 e. The molecule has 1 fully saturated rings. The first-order chi connectivity index (χ1) is 43.6. The number of pyridine rings is 1. The van der Waals surface area contributed by atoms with Gasteiger partial charge in [-0.15, -0.1) is 0 Å². The summed E-state index contributed by atoms with van der Waals surface area (Å²) in [4.78, 5) is 129. The van der Waals surface area contributed by atoms with Crippen LogP contribution in [0, 0.1) is 32.5 Å². The van der Waals surface area contributed by atoms with Gasteiger partial charge in [-0.1, -0.05) is 71.7 Å². The predicted molar refractivity (Wildman–Crippen MR) is 353 cm³/mol. The Morgan fingerprint density at radius 1 is 0.642 bits per heavy atom. The maximum absolute atomic E-state index is 15.1. The molecule has 1 aliphatic rings. The first kappa shape index (κ1) is 92.9. The SMILES string of the molecule is C.CCCCOC(=O)C(C)(CC(C)(CCC)C(=O)O)CC(C)(CCC(C)(CC(C)(CCC(C)(CC)C(=O)OCCOCCO[C@@H]1O[C@H](CC)[C@H](OC(C)=O)[C@H](OC(C)=O)[C@H]1OC(C)=O)C(=O)NCC(C)O)C(=O)OCCSSc1ccccn1)C(=O)OCCN(C)C.C[O-].[Na+]. The van der Waals surface area contributed by atoms with Gasteiger partial charge >= 0.3 is 77.3 Å². The molecular weight excluding hydrogens is 1290 g/mol. The monoisotopic (exact) mass is 1400 g/mol. The van der Waals surface area contributed by atoms with Gasteiger partial charge < -0.3 is 72.9 Å². The van der Waals surface area contributed by atoms with Gasteiger partial charge in [0.15, 0.2) is 24.6 Å². The van der Waals surface area contributed by atoms with Crippen LogP contribution in [0.15, 0.2) is 29.4 Å². The van der Waals surface area contributed by atoms with E-state index < -0.39 is 123 Å². The summed E-state index contributed by atoms with van der Waals surface area (Å²) in [7, 11) is 7.21. The number of aliphatic carboxylic acids is 1. The van der Waals surface area contributed by atoms with Crippen molar-refractivity contribution >= 4 is 75.2 Å². The molecule has 95 heavy (non-hydrogen) atoms. The summed E-state index contributed by atoms with van der Waals surface area (Å²) in [6.07, 6.45) is -3.10. The number of nitrogens with one attached hydrogen (secondary N) is 1. The number of esters is 7. The van der Waals surface area contributed by atoms with Gasteiger partial charge in [0.25, 0.3) is 0 Å². The molecule has 0 saturated carbocycles. The van der Waals surface area contributed by atoms with Crippen molar-refractivity contribution in [3.63, 3.8) is 0 Å². The Labute approximate surface area is 595 Å². The molecule has 1 aromatic heterocycles. The number of carboxylic acid groups (broad SMARTS) is 1. The number of likely N-dealkylation sites (N-methyl/N-ethyl adjacent to an activating group) is 1. The van der Waals surface area contributed by atoms with Crippen LogP contribution in [0.2, 0.25) is 0 Å². The Balaban J connectivity index is 0. The summed E-state index contributed by atoms with van der Waals surface area (Å²) in [6, 6.07) is 5.51. The quantitative estimate of drug-likeness (QED) is 0.0239. The Bertz CT molecular complexity index is 2490. The summed E-state index contributed by atoms with van der Waals surface area (Å²) in [5.41, 5.74) is -8.75. The topological polar surface area (TPSA) is 338 Å². The number of nitrogens with zero attached hydrogens (tertiary/aromatic N) is 2. The van der Waals surface area contributed by atoms with Crippen molar-refractivity contribution in [3.8, 4) is 0 Å². The van der Waals surface area contributed by atoms with Crippen LogP contribution < -0.4 is 40.0 Å². The zero-order chi connectivity index (χ0) is 70.8. The van der Waals surface area contributed by atoms with E-state index in [0.717, 1.165) is 32.4 Å². The molecule has 0 aliphatic carbocycles. The molecule has 1 aliphatic heterocycles. The summed E-state index contributed by atoms with van der Waals surface area (Å²) in [6.45, 7) is 22.1. The minimum Gasteiger partial charge on any atom is -0.857 e.